The number of benzene rings is 1. The molecule has 0 atom stereocenters. The molecule has 2 rings (SSSR count). The van der Waals surface area contributed by atoms with Gasteiger partial charge < -0.3 is 9.88 Å². The van der Waals surface area contributed by atoms with E-state index in [1.807, 2.05) is 37.3 Å². The molecule has 4 nitrogen and oxygen atoms in total. The maximum atomic E-state index is 12.0. The van der Waals surface area contributed by atoms with E-state index in [1.54, 1.807) is 0 Å². The van der Waals surface area contributed by atoms with Gasteiger partial charge in [0.25, 0.3) is 0 Å². The van der Waals surface area contributed by atoms with Crippen molar-refractivity contribution in [2.45, 2.75) is 51.9 Å². The fraction of sp³-hybridized carbons (Fsp3) is 0.444. The molecular weight excluding hydrogens is 306 g/mol. The summed E-state index contributed by atoms with van der Waals surface area (Å²) in [5, 5.41) is 3.90. The third-order valence-corrected chi connectivity index (χ3v) is 4.80. The Morgan fingerprint density at radius 3 is 2.70 bits per heavy atom. The number of nitrogens with zero attached hydrogens (tertiary/aromatic N) is 2. The highest BCUT2D eigenvalue weighted by Crippen LogP contribution is 2.21. The Morgan fingerprint density at radius 2 is 2.00 bits per heavy atom. The van der Waals surface area contributed by atoms with Crippen LogP contribution in [0.2, 0.25) is 0 Å². The molecule has 2 aromatic rings. The van der Waals surface area contributed by atoms with Gasteiger partial charge in [0.15, 0.2) is 5.16 Å². The van der Waals surface area contributed by atoms with Gasteiger partial charge in [0.05, 0.1) is 11.4 Å². The Balaban J connectivity index is 1.87. The minimum absolute atomic E-state index is 0.0409. The van der Waals surface area contributed by atoms with Crippen molar-refractivity contribution in [2.75, 3.05) is 5.75 Å². The molecule has 0 fully saturated rings. The number of hydrogen-bond donors (Lipinski definition) is 1. The van der Waals surface area contributed by atoms with Gasteiger partial charge in [-0.3, -0.25) is 4.79 Å². The molecule has 0 saturated heterocycles. The molecule has 1 aromatic carbocycles. The monoisotopic (exact) mass is 331 g/mol. The molecule has 0 bridgehead atoms. The van der Waals surface area contributed by atoms with Gasteiger partial charge in [0.1, 0.15) is 0 Å². The first kappa shape index (κ1) is 17.6. The van der Waals surface area contributed by atoms with Crippen LogP contribution in [0, 0.1) is 13.8 Å². The van der Waals surface area contributed by atoms with Crippen LogP contribution >= 0.6 is 11.8 Å². The SMILES string of the molecule is CCCCn1c(SCC(=O)NCc2ccccc2)nc(C)c1C. The summed E-state index contributed by atoms with van der Waals surface area (Å²) < 4.78 is 2.23. The standard InChI is InChI=1S/C18H25N3OS/c1-4-5-11-21-15(3)14(2)20-18(21)23-13-17(22)19-12-16-9-7-6-8-10-16/h6-10H,4-5,11-13H2,1-3H3,(H,19,22). The summed E-state index contributed by atoms with van der Waals surface area (Å²) in [6, 6.07) is 9.95. The summed E-state index contributed by atoms with van der Waals surface area (Å²) in [5.74, 6) is 0.439. The number of carbonyl (C=O) groups excluding carboxylic acids is 1. The Bertz CT molecular complexity index is 637. The number of thioether (sulfide) groups is 1. The summed E-state index contributed by atoms with van der Waals surface area (Å²) in [6.45, 7) is 7.84. The molecule has 0 radical (unpaired) electrons. The molecule has 1 aromatic heterocycles. The van der Waals surface area contributed by atoms with E-state index in [0.717, 1.165) is 35.8 Å². The molecule has 0 aliphatic rings. The smallest absolute Gasteiger partial charge is 0.230 e. The van der Waals surface area contributed by atoms with Crippen LogP contribution in [0.15, 0.2) is 35.5 Å². The van der Waals surface area contributed by atoms with Crippen LogP contribution in [-0.4, -0.2) is 21.2 Å². The highest BCUT2D eigenvalue weighted by Gasteiger charge is 2.12. The van der Waals surface area contributed by atoms with Crippen LogP contribution in [0.4, 0.5) is 0 Å². The van der Waals surface area contributed by atoms with Crippen LogP contribution in [0.5, 0.6) is 0 Å². The second-order valence-corrected chi connectivity index (χ2v) is 6.56. The number of carbonyl (C=O) groups is 1. The number of nitrogens with one attached hydrogen (secondary N) is 1. The van der Waals surface area contributed by atoms with Crippen molar-refractivity contribution in [2.24, 2.45) is 0 Å². The minimum atomic E-state index is 0.0409. The first-order valence-electron chi connectivity index (χ1n) is 8.09. The first-order chi connectivity index (χ1) is 11.1. The van der Waals surface area contributed by atoms with Crippen molar-refractivity contribution in [3.05, 3.63) is 47.3 Å². The van der Waals surface area contributed by atoms with Crippen LogP contribution in [0.3, 0.4) is 0 Å². The lowest BCUT2D eigenvalue weighted by Gasteiger charge is -2.09. The number of aryl methyl sites for hydroxylation is 1. The fourth-order valence-corrected chi connectivity index (χ4v) is 3.24. The van der Waals surface area contributed by atoms with E-state index in [4.69, 9.17) is 0 Å². The maximum absolute atomic E-state index is 12.0. The molecule has 1 heterocycles. The third-order valence-electron chi connectivity index (χ3n) is 3.82. The molecule has 1 amide bonds. The van der Waals surface area contributed by atoms with Gasteiger partial charge in [-0.1, -0.05) is 55.4 Å². The van der Waals surface area contributed by atoms with Crippen molar-refractivity contribution < 1.29 is 4.79 Å². The van der Waals surface area contributed by atoms with Crippen molar-refractivity contribution in [1.29, 1.82) is 0 Å². The normalized spacial score (nSPS) is 10.7. The molecule has 0 aliphatic heterocycles. The van der Waals surface area contributed by atoms with E-state index in [0.29, 0.717) is 12.3 Å². The Kier molecular flexibility index (Phi) is 6.71. The predicted molar refractivity (Wildman–Crippen MR) is 95.6 cm³/mol. The Morgan fingerprint density at radius 1 is 1.26 bits per heavy atom. The van der Waals surface area contributed by atoms with E-state index in [-0.39, 0.29) is 5.91 Å². The van der Waals surface area contributed by atoms with Gasteiger partial charge in [-0.25, -0.2) is 4.98 Å². The van der Waals surface area contributed by atoms with Crippen molar-refractivity contribution in [3.8, 4) is 0 Å². The molecule has 124 valence electrons. The Labute approximate surface area is 142 Å². The second kappa shape index (κ2) is 8.77. The highest BCUT2D eigenvalue weighted by molar-refractivity contribution is 7.99. The zero-order chi connectivity index (χ0) is 16.7. The van der Waals surface area contributed by atoms with Crippen LogP contribution in [-0.2, 0) is 17.9 Å². The lowest BCUT2D eigenvalue weighted by Crippen LogP contribution is -2.24. The van der Waals surface area contributed by atoms with Crippen LogP contribution in [0.25, 0.3) is 0 Å². The zero-order valence-electron chi connectivity index (χ0n) is 14.1. The van der Waals surface area contributed by atoms with E-state index in [2.05, 4.69) is 28.7 Å². The van der Waals surface area contributed by atoms with E-state index in [1.165, 1.54) is 17.5 Å². The lowest BCUT2D eigenvalue weighted by atomic mass is 10.2. The van der Waals surface area contributed by atoms with Gasteiger partial charge in [0.2, 0.25) is 5.91 Å². The quantitative estimate of drug-likeness (QED) is 0.750. The summed E-state index contributed by atoms with van der Waals surface area (Å²) in [4.78, 5) is 16.6. The van der Waals surface area contributed by atoms with Crippen molar-refractivity contribution in [3.63, 3.8) is 0 Å². The van der Waals surface area contributed by atoms with Gasteiger partial charge in [-0.15, -0.1) is 0 Å². The van der Waals surface area contributed by atoms with Gasteiger partial charge >= 0.3 is 0 Å². The number of amides is 1. The van der Waals surface area contributed by atoms with Crippen LogP contribution in [0.1, 0.15) is 36.7 Å². The lowest BCUT2D eigenvalue weighted by molar-refractivity contribution is -0.118. The molecule has 0 unspecified atom stereocenters. The number of hydrogen-bond acceptors (Lipinski definition) is 3. The number of aromatic nitrogens is 2. The molecule has 23 heavy (non-hydrogen) atoms. The number of imidazole rings is 1. The Hall–Kier alpha value is -1.75. The third kappa shape index (κ3) is 5.13. The maximum Gasteiger partial charge on any atom is 0.230 e. The first-order valence-corrected chi connectivity index (χ1v) is 9.07. The molecule has 0 aliphatic carbocycles. The highest BCUT2D eigenvalue weighted by atomic mass is 32.2. The number of unbranched alkanes of at least 4 members (excludes halogenated alkanes) is 1. The molecular formula is C18H25N3OS. The van der Waals surface area contributed by atoms with E-state index in [9.17, 15) is 4.79 Å². The molecule has 0 saturated carbocycles. The zero-order valence-corrected chi connectivity index (χ0v) is 14.9. The van der Waals surface area contributed by atoms with E-state index >= 15 is 0 Å². The minimum Gasteiger partial charge on any atom is -0.351 e. The van der Waals surface area contributed by atoms with Crippen molar-refractivity contribution >= 4 is 17.7 Å². The predicted octanol–water partition coefficient (Wildman–Crippen LogP) is 3.71. The largest absolute Gasteiger partial charge is 0.351 e. The average molecular weight is 331 g/mol. The van der Waals surface area contributed by atoms with E-state index < -0.39 is 0 Å². The molecule has 0 spiro atoms. The second-order valence-electron chi connectivity index (χ2n) is 5.62. The molecule has 5 heteroatoms. The summed E-state index contributed by atoms with van der Waals surface area (Å²) in [5.41, 5.74) is 3.36. The topological polar surface area (TPSA) is 46.9 Å². The van der Waals surface area contributed by atoms with Gasteiger partial charge in [0, 0.05) is 18.8 Å². The summed E-state index contributed by atoms with van der Waals surface area (Å²) in [7, 11) is 0. The van der Waals surface area contributed by atoms with Gasteiger partial charge in [-0.2, -0.15) is 0 Å². The van der Waals surface area contributed by atoms with Gasteiger partial charge in [-0.05, 0) is 25.8 Å². The summed E-state index contributed by atoms with van der Waals surface area (Å²) >= 11 is 1.52. The van der Waals surface area contributed by atoms with Crippen molar-refractivity contribution in [1.82, 2.24) is 14.9 Å². The number of rotatable bonds is 8. The summed E-state index contributed by atoms with van der Waals surface area (Å²) in [6.07, 6.45) is 2.28. The van der Waals surface area contributed by atoms with Crippen LogP contribution < -0.4 is 5.32 Å². The molecule has 1 N–H and O–H groups in total. The fourth-order valence-electron chi connectivity index (χ4n) is 2.29. The average Bonchev–Trinajstić information content (AvgIpc) is 2.84.